The van der Waals surface area contributed by atoms with Gasteiger partial charge in [-0.05, 0) is 25.1 Å². The van der Waals surface area contributed by atoms with Gasteiger partial charge in [0.05, 0.1) is 12.7 Å². The van der Waals surface area contributed by atoms with E-state index in [4.69, 9.17) is 14.0 Å². The van der Waals surface area contributed by atoms with Gasteiger partial charge in [-0.1, -0.05) is 10.4 Å². The van der Waals surface area contributed by atoms with Crippen molar-refractivity contribution in [2.75, 3.05) is 13.3 Å². The highest BCUT2D eigenvalue weighted by Crippen LogP contribution is 2.32. The average molecular weight is 342 g/mol. The molecular weight excluding hydrogens is 328 g/mol. The van der Waals surface area contributed by atoms with E-state index < -0.39 is 0 Å². The Hall–Kier alpha value is -3.43. The topological polar surface area (TPSA) is 117 Å². The van der Waals surface area contributed by atoms with Crippen LogP contribution in [0.5, 0.6) is 11.5 Å². The van der Waals surface area contributed by atoms with E-state index in [1.165, 1.54) is 0 Å². The Morgan fingerprint density at radius 2 is 2.20 bits per heavy atom. The summed E-state index contributed by atoms with van der Waals surface area (Å²) in [6.07, 6.45) is 1.68. The van der Waals surface area contributed by atoms with Crippen LogP contribution >= 0.6 is 0 Å². The third kappa shape index (κ3) is 3.13. The molecule has 25 heavy (non-hydrogen) atoms. The Balaban J connectivity index is 1.33. The molecule has 10 heteroatoms. The van der Waals surface area contributed by atoms with Gasteiger partial charge >= 0.3 is 0 Å². The van der Waals surface area contributed by atoms with Crippen molar-refractivity contribution in [3.8, 4) is 23.1 Å². The molecule has 1 N–H and O–H groups in total. The zero-order valence-electron chi connectivity index (χ0n) is 13.3. The first-order chi connectivity index (χ1) is 12.2. The van der Waals surface area contributed by atoms with E-state index in [9.17, 15) is 4.79 Å². The first kappa shape index (κ1) is 15.1. The molecule has 3 heterocycles. The zero-order chi connectivity index (χ0) is 17.2. The van der Waals surface area contributed by atoms with Crippen molar-refractivity contribution >= 4 is 5.91 Å². The van der Waals surface area contributed by atoms with E-state index >= 15 is 0 Å². The maximum Gasteiger partial charge on any atom is 0.280 e. The minimum atomic E-state index is -0.203. The summed E-state index contributed by atoms with van der Waals surface area (Å²) >= 11 is 0. The third-order valence-corrected chi connectivity index (χ3v) is 3.55. The van der Waals surface area contributed by atoms with Crippen LogP contribution in [0.3, 0.4) is 0 Å². The lowest BCUT2D eigenvalue weighted by Gasteiger charge is -2.05. The van der Waals surface area contributed by atoms with Gasteiger partial charge < -0.3 is 19.3 Å². The molecule has 4 rings (SSSR count). The lowest BCUT2D eigenvalue weighted by atomic mass is 10.2. The number of carbonyl (C=O) groups excluding carboxylic acids is 1. The van der Waals surface area contributed by atoms with Crippen molar-refractivity contribution in [2.24, 2.45) is 0 Å². The summed E-state index contributed by atoms with van der Waals surface area (Å²) in [5.41, 5.74) is 0.993. The molecule has 1 aliphatic heterocycles. The number of aromatic nitrogens is 5. The highest BCUT2D eigenvalue weighted by Gasteiger charge is 2.16. The number of amides is 1. The number of ether oxygens (including phenoxy) is 2. The van der Waals surface area contributed by atoms with E-state index in [1.54, 1.807) is 36.0 Å². The molecule has 0 fully saturated rings. The van der Waals surface area contributed by atoms with Gasteiger partial charge in [0.2, 0.25) is 6.79 Å². The largest absolute Gasteiger partial charge is 0.454 e. The molecule has 1 aliphatic rings. The molecule has 0 bridgehead atoms. The fourth-order valence-corrected chi connectivity index (χ4v) is 2.33. The fourth-order valence-electron chi connectivity index (χ4n) is 2.33. The van der Waals surface area contributed by atoms with Crippen LogP contribution in [0.4, 0.5) is 0 Å². The second-order valence-electron chi connectivity index (χ2n) is 5.34. The molecule has 0 atom stereocenters. The quantitative estimate of drug-likeness (QED) is 0.723. The normalized spacial score (nSPS) is 12.4. The molecule has 0 aliphatic carbocycles. The number of hydrogen-bond donors (Lipinski definition) is 1. The number of hydrogen-bond acceptors (Lipinski definition) is 8. The number of aryl methyl sites for hydroxylation is 1. The molecule has 0 radical (unpaired) electrons. The Kier molecular flexibility index (Phi) is 3.77. The number of carbonyl (C=O) groups is 1. The van der Waals surface area contributed by atoms with Crippen molar-refractivity contribution in [2.45, 2.75) is 13.5 Å². The maximum absolute atomic E-state index is 12.2. The van der Waals surface area contributed by atoms with Gasteiger partial charge in [-0.3, -0.25) is 4.79 Å². The standard InChI is InChI=1S/C15H14N6O4/c1-9-17-15(25-19-9)11-7-21(20-18-11)5-4-16-14(22)10-2-3-12-13(6-10)24-8-23-12/h2-3,6-7H,4-5,8H2,1H3,(H,16,22). The van der Waals surface area contributed by atoms with Gasteiger partial charge in [0.1, 0.15) is 0 Å². The van der Waals surface area contributed by atoms with Crippen molar-refractivity contribution in [3.05, 3.63) is 35.8 Å². The highest BCUT2D eigenvalue weighted by molar-refractivity contribution is 5.94. The summed E-state index contributed by atoms with van der Waals surface area (Å²) in [6.45, 7) is 2.74. The van der Waals surface area contributed by atoms with Crippen LogP contribution in [0, 0.1) is 6.92 Å². The van der Waals surface area contributed by atoms with Gasteiger partial charge in [0.15, 0.2) is 23.0 Å². The first-order valence-electron chi connectivity index (χ1n) is 7.58. The van der Waals surface area contributed by atoms with E-state index in [0.717, 1.165) is 0 Å². The van der Waals surface area contributed by atoms with Gasteiger partial charge in [-0.2, -0.15) is 4.98 Å². The smallest absolute Gasteiger partial charge is 0.280 e. The number of nitrogens with one attached hydrogen (secondary N) is 1. The zero-order valence-corrected chi connectivity index (χ0v) is 13.3. The van der Waals surface area contributed by atoms with Crippen LogP contribution in [0.15, 0.2) is 28.9 Å². The SMILES string of the molecule is Cc1noc(-c2cn(CCNC(=O)c3ccc4c(c3)OCO4)nn2)n1. The summed E-state index contributed by atoms with van der Waals surface area (Å²) in [6, 6.07) is 5.06. The Bertz CT molecular complexity index is 918. The van der Waals surface area contributed by atoms with Crippen molar-refractivity contribution in [1.29, 1.82) is 0 Å². The lowest BCUT2D eigenvalue weighted by Crippen LogP contribution is -2.27. The number of nitrogens with zero attached hydrogens (tertiary/aromatic N) is 5. The van der Waals surface area contributed by atoms with Crippen molar-refractivity contribution < 1.29 is 18.8 Å². The first-order valence-corrected chi connectivity index (χ1v) is 7.58. The van der Waals surface area contributed by atoms with Gasteiger partial charge in [-0.25, -0.2) is 4.68 Å². The van der Waals surface area contributed by atoms with E-state index in [-0.39, 0.29) is 12.7 Å². The van der Waals surface area contributed by atoms with E-state index in [2.05, 4.69) is 25.8 Å². The van der Waals surface area contributed by atoms with E-state index in [1.807, 2.05) is 0 Å². The van der Waals surface area contributed by atoms with Crippen molar-refractivity contribution in [3.63, 3.8) is 0 Å². The predicted octanol–water partition coefficient (Wildman–Crippen LogP) is 0.795. The predicted molar refractivity (Wildman–Crippen MR) is 82.9 cm³/mol. The minimum absolute atomic E-state index is 0.175. The number of fused-ring (bicyclic) bond motifs is 1. The van der Waals surface area contributed by atoms with Gasteiger partial charge in [0.25, 0.3) is 11.8 Å². The molecular formula is C15H14N6O4. The highest BCUT2D eigenvalue weighted by atomic mass is 16.7. The van der Waals surface area contributed by atoms with Crippen LogP contribution in [0.2, 0.25) is 0 Å². The molecule has 10 nitrogen and oxygen atoms in total. The van der Waals surface area contributed by atoms with Gasteiger partial charge in [0, 0.05) is 12.1 Å². The number of benzene rings is 1. The Morgan fingerprint density at radius 1 is 1.32 bits per heavy atom. The molecule has 3 aromatic rings. The fraction of sp³-hybridized carbons (Fsp3) is 0.267. The van der Waals surface area contributed by atoms with Crippen LogP contribution < -0.4 is 14.8 Å². The Morgan fingerprint density at radius 3 is 3.04 bits per heavy atom. The summed E-state index contributed by atoms with van der Waals surface area (Å²) in [7, 11) is 0. The molecule has 1 amide bonds. The van der Waals surface area contributed by atoms with Crippen molar-refractivity contribution in [1.82, 2.24) is 30.5 Å². The maximum atomic E-state index is 12.2. The second kappa shape index (κ2) is 6.23. The summed E-state index contributed by atoms with van der Waals surface area (Å²) in [5, 5.41) is 14.5. The van der Waals surface area contributed by atoms with Crippen LogP contribution in [-0.4, -0.2) is 44.4 Å². The number of rotatable bonds is 5. The Labute approximate surface area is 141 Å². The summed E-state index contributed by atoms with van der Waals surface area (Å²) in [4.78, 5) is 16.3. The van der Waals surface area contributed by atoms with Crippen LogP contribution in [0.1, 0.15) is 16.2 Å². The molecule has 0 saturated heterocycles. The molecule has 0 unspecified atom stereocenters. The molecule has 1 aromatic carbocycles. The summed E-state index contributed by atoms with van der Waals surface area (Å²) < 4.78 is 17.1. The average Bonchev–Trinajstić information content (AvgIpc) is 3.33. The molecule has 2 aromatic heterocycles. The minimum Gasteiger partial charge on any atom is -0.454 e. The van der Waals surface area contributed by atoms with Crippen LogP contribution in [-0.2, 0) is 6.54 Å². The van der Waals surface area contributed by atoms with Gasteiger partial charge in [-0.15, -0.1) is 5.10 Å². The molecule has 128 valence electrons. The lowest BCUT2D eigenvalue weighted by molar-refractivity contribution is 0.0951. The monoisotopic (exact) mass is 342 g/mol. The molecule has 0 spiro atoms. The molecule has 0 saturated carbocycles. The third-order valence-electron chi connectivity index (χ3n) is 3.55. The van der Waals surface area contributed by atoms with Crippen LogP contribution in [0.25, 0.3) is 11.6 Å². The second-order valence-corrected chi connectivity index (χ2v) is 5.34. The summed E-state index contributed by atoms with van der Waals surface area (Å²) in [5.74, 6) is 1.85. The van der Waals surface area contributed by atoms with E-state index in [0.29, 0.717) is 47.6 Å².